The van der Waals surface area contributed by atoms with Gasteiger partial charge in [0.1, 0.15) is 24.3 Å². The number of anilines is 1. The third-order valence-electron chi connectivity index (χ3n) is 6.76. The first-order valence-corrected chi connectivity index (χ1v) is 11.2. The van der Waals surface area contributed by atoms with Crippen molar-refractivity contribution in [3.05, 3.63) is 46.0 Å². The van der Waals surface area contributed by atoms with E-state index in [1.54, 1.807) is 6.92 Å². The van der Waals surface area contributed by atoms with Crippen LogP contribution in [0.3, 0.4) is 0 Å². The number of fused-ring (bicyclic) bond motifs is 3. The Morgan fingerprint density at radius 2 is 2.09 bits per heavy atom. The van der Waals surface area contributed by atoms with E-state index in [9.17, 15) is 14.7 Å². The smallest absolute Gasteiger partial charge is 0.407 e. The summed E-state index contributed by atoms with van der Waals surface area (Å²) in [6, 6.07) is 3.35. The van der Waals surface area contributed by atoms with Gasteiger partial charge in [0.25, 0.3) is 5.91 Å². The van der Waals surface area contributed by atoms with Gasteiger partial charge in [0.05, 0.1) is 22.0 Å². The Labute approximate surface area is 198 Å². The van der Waals surface area contributed by atoms with Gasteiger partial charge in [-0.1, -0.05) is 23.7 Å². The van der Waals surface area contributed by atoms with Gasteiger partial charge in [0.15, 0.2) is 11.6 Å². The summed E-state index contributed by atoms with van der Waals surface area (Å²) in [5.74, 6) is -0.261. The molecule has 1 fully saturated rings. The number of benzene rings is 2. The first kappa shape index (κ1) is 20.9. The summed E-state index contributed by atoms with van der Waals surface area (Å²) in [6.45, 7) is 3.16. The number of rotatable bonds is 1. The van der Waals surface area contributed by atoms with Crippen LogP contribution in [0.5, 0.6) is 5.75 Å². The number of carbonyl (C=O) groups excluding carboxylic acids is 1. The Balaban J connectivity index is 1.60. The Morgan fingerprint density at radius 1 is 1.26 bits per heavy atom. The van der Waals surface area contributed by atoms with E-state index in [-0.39, 0.29) is 53.5 Å². The zero-order valence-electron chi connectivity index (χ0n) is 18.1. The summed E-state index contributed by atoms with van der Waals surface area (Å²) in [7, 11) is 0. The first-order valence-electron chi connectivity index (χ1n) is 10.8. The summed E-state index contributed by atoms with van der Waals surface area (Å²) in [5, 5.41) is 12.6. The first-order chi connectivity index (χ1) is 16.4. The third kappa shape index (κ3) is 2.84. The molecule has 1 aromatic heterocycles. The zero-order chi connectivity index (χ0) is 23.7. The average Bonchev–Trinajstić information content (AvgIpc) is 3.11. The number of hydrogen-bond donors (Lipinski definition) is 2. The van der Waals surface area contributed by atoms with E-state index in [2.05, 4.69) is 15.3 Å². The number of nitrogens with one attached hydrogen (secondary N) is 1. The Hall–Kier alpha value is -3.66. The highest BCUT2D eigenvalue weighted by molar-refractivity contribution is 6.37. The number of hydrogen-bond acceptors (Lipinski definition) is 6. The van der Waals surface area contributed by atoms with Crippen molar-refractivity contribution in [1.29, 1.82) is 0 Å². The fourth-order valence-electron chi connectivity index (χ4n) is 5.14. The van der Waals surface area contributed by atoms with E-state index in [1.165, 1.54) is 11.2 Å². The van der Waals surface area contributed by atoms with Crippen LogP contribution in [0.1, 0.15) is 21.5 Å². The molecule has 3 aliphatic rings. The van der Waals surface area contributed by atoms with Gasteiger partial charge >= 0.3 is 6.09 Å². The lowest BCUT2D eigenvalue weighted by molar-refractivity contribution is 0.0966. The summed E-state index contributed by atoms with van der Waals surface area (Å²) >= 11 is 6.83. The molecule has 0 unspecified atom stereocenters. The number of amides is 2. The average molecular weight is 484 g/mol. The summed E-state index contributed by atoms with van der Waals surface area (Å²) in [5.41, 5.74) is 2.37. The summed E-state index contributed by atoms with van der Waals surface area (Å²) in [6.07, 6.45) is 0.274. The van der Waals surface area contributed by atoms with Crippen LogP contribution < -0.4 is 15.0 Å². The number of carboxylic acid groups (broad SMARTS) is 1. The maximum absolute atomic E-state index is 16.2. The minimum absolute atomic E-state index is 0.0344. The number of halogens is 2. The number of carbonyl (C=O) groups is 2. The highest BCUT2D eigenvalue weighted by Gasteiger charge is 2.38. The molecule has 34 heavy (non-hydrogen) atoms. The maximum atomic E-state index is 16.2. The van der Waals surface area contributed by atoms with Crippen LogP contribution in [-0.4, -0.2) is 64.3 Å². The second kappa shape index (κ2) is 7.42. The van der Waals surface area contributed by atoms with Crippen LogP contribution in [0.15, 0.2) is 18.5 Å². The van der Waals surface area contributed by atoms with Gasteiger partial charge in [0, 0.05) is 37.3 Å². The predicted octanol–water partition coefficient (Wildman–Crippen LogP) is 3.20. The molecule has 11 heteroatoms. The predicted molar refractivity (Wildman–Crippen MR) is 122 cm³/mol. The minimum atomic E-state index is -1.01. The summed E-state index contributed by atoms with van der Waals surface area (Å²) in [4.78, 5) is 36.0. The lowest BCUT2D eigenvalue weighted by Gasteiger charge is -2.39. The molecule has 0 saturated carbocycles. The second-order valence-corrected chi connectivity index (χ2v) is 8.99. The van der Waals surface area contributed by atoms with Gasteiger partial charge < -0.3 is 25.0 Å². The largest absolute Gasteiger partial charge is 0.489 e. The van der Waals surface area contributed by atoms with Gasteiger partial charge in [0.2, 0.25) is 0 Å². The van der Waals surface area contributed by atoms with Gasteiger partial charge in [-0.2, -0.15) is 0 Å². The number of aryl methyl sites for hydroxylation is 1. The molecule has 2 aromatic carbocycles. The van der Waals surface area contributed by atoms with E-state index in [0.29, 0.717) is 41.0 Å². The molecule has 0 radical (unpaired) electrons. The van der Waals surface area contributed by atoms with Crippen LogP contribution in [0.25, 0.3) is 22.0 Å². The van der Waals surface area contributed by atoms with Gasteiger partial charge in [-0.3, -0.25) is 4.79 Å². The SMILES string of the molecule is Cc1ccc2c(c1-c1c(Cl)c3c4c(ncnc4c1F)N1CCN(C(=O)O)C[C@H]1CO3)C(=O)NC2. The van der Waals surface area contributed by atoms with Gasteiger partial charge in [-0.05, 0) is 18.1 Å². The molecule has 0 spiro atoms. The van der Waals surface area contributed by atoms with E-state index in [1.807, 2.05) is 17.0 Å². The lowest BCUT2D eigenvalue weighted by atomic mass is 9.91. The van der Waals surface area contributed by atoms with Crippen LogP contribution in [0, 0.1) is 12.7 Å². The maximum Gasteiger partial charge on any atom is 0.407 e. The normalized spacial score (nSPS) is 18.8. The number of piperazine rings is 1. The van der Waals surface area contributed by atoms with Crippen molar-refractivity contribution in [2.75, 3.05) is 31.1 Å². The molecule has 0 aliphatic carbocycles. The quantitative estimate of drug-likeness (QED) is 0.547. The monoisotopic (exact) mass is 483 g/mol. The molecule has 0 bridgehead atoms. The van der Waals surface area contributed by atoms with Crippen molar-refractivity contribution < 1.29 is 23.8 Å². The van der Waals surface area contributed by atoms with Crippen molar-refractivity contribution in [2.24, 2.45) is 0 Å². The second-order valence-electron chi connectivity index (χ2n) is 8.61. The molecule has 174 valence electrons. The number of aromatic nitrogens is 2. The van der Waals surface area contributed by atoms with Crippen LogP contribution in [0.4, 0.5) is 15.0 Å². The molecule has 2 amide bonds. The molecule has 3 aliphatic heterocycles. The van der Waals surface area contributed by atoms with E-state index in [4.69, 9.17) is 16.3 Å². The Bertz CT molecular complexity index is 1410. The third-order valence-corrected chi connectivity index (χ3v) is 7.12. The highest BCUT2D eigenvalue weighted by atomic mass is 35.5. The summed E-state index contributed by atoms with van der Waals surface area (Å²) < 4.78 is 22.3. The standard InChI is InChI=1S/C23H19ClFN5O4/c1-10-2-3-11-6-26-22(31)14(11)13(10)15-17(24)20-16-19(18(15)25)27-9-28-21(16)30-5-4-29(23(32)33)7-12(30)8-34-20/h2-3,9,12H,4-8H2,1H3,(H,26,31)(H,32,33)/t12-/m0/s1. The van der Waals surface area contributed by atoms with E-state index >= 15 is 4.39 Å². The van der Waals surface area contributed by atoms with Crippen molar-refractivity contribution in [1.82, 2.24) is 20.2 Å². The van der Waals surface area contributed by atoms with Crippen molar-refractivity contribution in [3.63, 3.8) is 0 Å². The van der Waals surface area contributed by atoms with Crippen LogP contribution in [-0.2, 0) is 6.54 Å². The zero-order valence-corrected chi connectivity index (χ0v) is 18.8. The van der Waals surface area contributed by atoms with E-state index < -0.39 is 11.9 Å². The molecule has 1 saturated heterocycles. The molecular weight excluding hydrogens is 465 g/mol. The lowest BCUT2D eigenvalue weighted by Crippen LogP contribution is -2.56. The van der Waals surface area contributed by atoms with Crippen LogP contribution in [0.2, 0.25) is 5.02 Å². The van der Waals surface area contributed by atoms with Crippen molar-refractivity contribution in [3.8, 4) is 16.9 Å². The molecule has 3 aromatic rings. The molecule has 9 nitrogen and oxygen atoms in total. The molecule has 2 N–H and O–H groups in total. The number of ether oxygens (including phenoxy) is 1. The molecule has 4 heterocycles. The Kier molecular flexibility index (Phi) is 4.57. The Morgan fingerprint density at radius 3 is 2.88 bits per heavy atom. The minimum Gasteiger partial charge on any atom is -0.489 e. The number of nitrogens with zero attached hydrogens (tertiary/aromatic N) is 4. The topological polar surface area (TPSA) is 108 Å². The van der Waals surface area contributed by atoms with E-state index in [0.717, 1.165) is 5.56 Å². The fourth-order valence-corrected chi connectivity index (χ4v) is 5.46. The highest BCUT2D eigenvalue weighted by Crippen LogP contribution is 2.49. The fraction of sp³-hybridized carbons (Fsp3) is 0.304. The van der Waals surface area contributed by atoms with Gasteiger partial charge in [-0.15, -0.1) is 0 Å². The van der Waals surface area contributed by atoms with Crippen molar-refractivity contribution in [2.45, 2.75) is 19.5 Å². The van der Waals surface area contributed by atoms with Crippen molar-refractivity contribution >= 4 is 40.3 Å². The molecule has 6 rings (SSSR count). The van der Waals surface area contributed by atoms with Gasteiger partial charge in [-0.25, -0.2) is 19.2 Å². The molecular formula is C23H19ClFN5O4. The van der Waals surface area contributed by atoms with Crippen LogP contribution >= 0.6 is 11.6 Å². The molecule has 1 atom stereocenters.